The first-order valence-corrected chi connectivity index (χ1v) is 13.9. The van der Waals surface area contributed by atoms with Crippen LogP contribution in [0.15, 0.2) is 57.3 Å². The van der Waals surface area contributed by atoms with Crippen LogP contribution >= 0.6 is 7.75 Å². The molecule has 2 unspecified atom stereocenters. The van der Waals surface area contributed by atoms with Crippen molar-refractivity contribution in [1.82, 2.24) is 14.6 Å². The molecule has 1 aromatic heterocycles. The van der Waals surface area contributed by atoms with E-state index in [1.807, 2.05) is 0 Å². The molecule has 41 heavy (non-hydrogen) atoms. The summed E-state index contributed by atoms with van der Waals surface area (Å²) in [4.78, 5) is 41.6. The Hall–Kier alpha value is -3.53. The van der Waals surface area contributed by atoms with Crippen LogP contribution in [0.25, 0.3) is 10.4 Å². The number of nitrogens with one attached hydrogen (secondary N) is 2. The van der Waals surface area contributed by atoms with E-state index in [9.17, 15) is 24.5 Å². The van der Waals surface area contributed by atoms with Gasteiger partial charge in [-0.1, -0.05) is 23.3 Å². The molecule has 0 saturated carbocycles. The van der Waals surface area contributed by atoms with Crippen molar-refractivity contribution >= 4 is 13.7 Å². The van der Waals surface area contributed by atoms with Gasteiger partial charge in [0.15, 0.2) is 6.23 Å². The fourth-order valence-electron chi connectivity index (χ4n) is 4.12. The minimum absolute atomic E-state index is 0.133. The zero-order valence-electron chi connectivity index (χ0n) is 22.4. The summed E-state index contributed by atoms with van der Waals surface area (Å²) in [6.07, 6.45) is -2.95. The Bertz CT molecular complexity index is 1450. The fraction of sp³-hybridized carbons (Fsp3) is 0.522. The maximum Gasteiger partial charge on any atom is 0.459 e. The molecule has 0 amide bonds. The van der Waals surface area contributed by atoms with Crippen LogP contribution in [-0.4, -0.2) is 65.8 Å². The number of azide groups is 1. The smallest absolute Gasteiger partial charge is 0.459 e. The molecular weight excluding hydrogens is 567 g/mol. The number of carbonyl (C=O) groups excluding carboxylic acids is 1. The summed E-state index contributed by atoms with van der Waals surface area (Å²) >= 11 is 0. The van der Waals surface area contributed by atoms with Gasteiger partial charge in [-0.25, -0.2) is 9.36 Å². The Labute approximate surface area is 232 Å². The van der Waals surface area contributed by atoms with E-state index in [-0.39, 0.29) is 5.75 Å². The number of rotatable bonds is 12. The Kier molecular flexibility index (Phi) is 9.31. The summed E-state index contributed by atoms with van der Waals surface area (Å²) in [6.45, 7) is 2.69. The third-order valence-electron chi connectivity index (χ3n) is 5.87. The molecule has 17 nitrogen and oxygen atoms in total. The second-order valence-corrected chi connectivity index (χ2v) is 10.9. The van der Waals surface area contributed by atoms with Crippen LogP contribution in [0.3, 0.4) is 0 Å². The van der Waals surface area contributed by atoms with Gasteiger partial charge in [-0.05, 0) is 38.4 Å². The van der Waals surface area contributed by atoms with Crippen LogP contribution in [-0.2, 0) is 37.6 Å². The molecule has 0 spiro atoms. The number of hydrogen-bond acceptors (Lipinski definition) is 12. The van der Waals surface area contributed by atoms with Gasteiger partial charge in [0.05, 0.1) is 12.7 Å². The first kappa shape index (κ1) is 30.4. The van der Waals surface area contributed by atoms with E-state index in [1.165, 1.54) is 26.2 Å². The van der Waals surface area contributed by atoms with Crippen LogP contribution in [0.4, 0.5) is 0 Å². The third kappa shape index (κ3) is 6.86. The van der Waals surface area contributed by atoms with E-state index in [2.05, 4.69) is 20.1 Å². The van der Waals surface area contributed by atoms with Crippen LogP contribution in [0, 0.1) is 0 Å². The van der Waals surface area contributed by atoms with Gasteiger partial charge < -0.3 is 28.2 Å². The monoisotopic (exact) mass is 596 g/mol. The lowest BCUT2D eigenvalue weighted by Crippen LogP contribution is -2.45. The van der Waals surface area contributed by atoms with Gasteiger partial charge in [0.25, 0.3) is 12.0 Å². The van der Waals surface area contributed by atoms with Gasteiger partial charge in [0, 0.05) is 24.3 Å². The molecule has 2 fully saturated rings. The predicted octanol–water partition coefficient (Wildman–Crippen LogP) is 1.92. The number of esters is 1. The molecule has 3 heterocycles. The number of fused-ring (bicyclic) bond motifs is 1. The van der Waals surface area contributed by atoms with Gasteiger partial charge in [-0.2, -0.15) is 5.09 Å². The average Bonchev–Trinajstić information content (AvgIpc) is 3.47. The maximum atomic E-state index is 14.0. The lowest BCUT2D eigenvalue weighted by molar-refractivity contribution is -0.270. The SMILES string of the molecule is COC1O[C@H]2[C@H](n3ccc(=O)[nH]c3=O)O[C@@](COP(=O)(N[C@@H](C)C(=O)OC(C)C)Oc3ccccc3)(N=[N+]=[N-])[C@H]2O1. The predicted molar refractivity (Wildman–Crippen MR) is 138 cm³/mol. The fourth-order valence-corrected chi connectivity index (χ4v) is 5.63. The zero-order valence-corrected chi connectivity index (χ0v) is 23.3. The van der Waals surface area contributed by atoms with Crippen molar-refractivity contribution in [2.75, 3.05) is 13.7 Å². The van der Waals surface area contributed by atoms with E-state index in [0.29, 0.717) is 0 Å². The molecule has 0 radical (unpaired) electrons. The van der Waals surface area contributed by atoms with Crippen molar-refractivity contribution in [2.24, 2.45) is 5.11 Å². The minimum Gasteiger partial charge on any atom is -0.462 e. The quantitative estimate of drug-likeness (QED) is 0.118. The molecule has 2 saturated heterocycles. The van der Waals surface area contributed by atoms with Gasteiger partial charge in [-0.3, -0.25) is 23.7 Å². The van der Waals surface area contributed by atoms with Crippen LogP contribution in [0.1, 0.15) is 27.0 Å². The van der Waals surface area contributed by atoms with Gasteiger partial charge in [0.1, 0.15) is 24.0 Å². The highest BCUT2D eigenvalue weighted by atomic mass is 31.2. The van der Waals surface area contributed by atoms with Crippen molar-refractivity contribution in [3.8, 4) is 5.75 Å². The molecule has 18 heteroatoms. The average molecular weight is 596 g/mol. The Balaban J connectivity index is 1.67. The number of methoxy groups -OCH3 is 1. The largest absolute Gasteiger partial charge is 0.462 e. The summed E-state index contributed by atoms with van der Waals surface area (Å²) in [5.41, 5.74) is 5.86. The van der Waals surface area contributed by atoms with E-state index in [0.717, 1.165) is 16.8 Å². The van der Waals surface area contributed by atoms with Crippen LogP contribution in [0.5, 0.6) is 5.75 Å². The Morgan fingerprint density at radius 3 is 2.61 bits per heavy atom. The third-order valence-corrected chi connectivity index (χ3v) is 7.50. The molecule has 2 N–H and O–H groups in total. The molecule has 1 aromatic carbocycles. The van der Waals surface area contributed by atoms with E-state index >= 15 is 0 Å². The van der Waals surface area contributed by atoms with E-state index < -0.39 is 74.4 Å². The number of para-hydroxylation sites is 1. The highest BCUT2D eigenvalue weighted by Crippen LogP contribution is 2.50. The van der Waals surface area contributed by atoms with Crippen molar-refractivity contribution in [1.29, 1.82) is 0 Å². The molecule has 0 aliphatic carbocycles. The second-order valence-electron chi connectivity index (χ2n) is 9.25. The number of carbonyl (C=O) groups is 1. The first-order chi connectivity index (χ1) is 19.5. The lowest BCUT2D eigenvalue weighted by Gasteiger charge is -2.31. The molecule has 2 aromatic rings. The van der Waals surface area contributed by atoms with Gasteiger partial charge >= 0.3 is 19.4 Å². The highest BCUT2D eigenvalue weighted by molar-refractivity contribution is 7.52. The van der Waals surface area contributed by atoms with Crippen LogP contribution in [0.2, 0.25) is 0 Å². The normalized spacial score (nSPS) is 27.4. The maximum absolute atomic E-state index is 14.0. The van der Waals surface area contributed by atoms with Gasteiger partial charge in [-0.15, -0.1) is 0 Å². The molecule has 222 valence electrons. The number of aromatic nitrogens is 2. The van der Waals surface area contributed by atoms with Crippen molar-refractivity contribution in [3.05, 3.63) is 73.9 Å². The number of benzene rings is 1. The summed E-state index contributed by atoms with van der Waals surface area (Å²) in [5.74, 6) is -0.594. The summed E-state index contributed by atoms with van der Waals surface area (Å²) in [6, 6.07) is 7.91. The molecule has 0 bridgehead atoms. The number of aromatic amines is 1. The number of hydrogen-bond donors (Lipinski definition) is 2. The summed E-state index contributed by atoms with van der Waals surface area (Å²) < 4.78 is 54.1. The highest BCUT2D eigenvalue weighted by Gasteiger charge is 2.63. The minimum atomic E-state index is -4.44. The molecule has 4 rings (SSSR count). The van der Waals surface area contributed by atoms with Gasteiger partial charge in [0.2, 0.25) is 5.72 Å². The standard InChI is InChI=1S/C23H29N6O11P/c1-13(2)36-20(31)14(3)26-41(33,40-15-8-6-5-7-9-15)35-12-23(27-28-24)18-17(37-22(34-4)38-18)19(39-23)29-11-10-16(30)25-21(29)32/h5-11,13-14,17-19,22H,12H2,1-4H3,(H,26,33)(H,25,30,32)/t14-,17+,18-,19+,22?,23+,41?/m0/s1. The number of ether oxygens (including phenoxy) is 5. The Morgan fingerprint density at radius 2 is 1.98 bits per heavy atom. The number of H-pyrrole nitrogens is 1. The zero-order chi connectivity index (χ0) is 29.8. The van der Waals surface area contributed by atoms with Crippen molar-refractivity contribution in [2.45, 2.75) is 63.6 Å². The lowest BCUT2D eigenvalue weighted by atomic mass is 10.1. The molecule has 2 aliphatic heterocycles. The summed E-state index contributed by atoms with van der Waals surface area (Å²) in [5, 5.41) is 6.27. The summed E-state index contributed by atoms with van der Waals surface area (Å²) in [7, 11) is -3.14. The first-order valence-electron chi connectivity index (χ1n) is 12.4. The van der Waals surface area contributed by atoms with Crippen LogP contribution < -0.4 is 20.9 Å². The van der Waals surface area contributed by atoms with E-state index in [4.69, 9.17) is 32.7 Å². The topological polar surface area (TPSA) is 214 Å². The number of nitrogens with zero attached hydrogens (tertiary/aromatic N) is 4. The molecule has 2 aliphatic rings. The second kappa shape index (κ2) is 12.5. The molecular formula is C23H29N6O11P. The Morgan fingerprint density at radius 1 is 1.24 bits per heavy atom. The molecule has 7 atom stereocenters. The van der Waals surface area contributed by atoms with Crippen molar-refractivity contribution < 1.29 is 42.1 Å². The van der Waals surface area contributed by atoms with Crippen molar-refractivity contribution in [3.63, 3.8) is 0 Å². The van der Waals surface area contributed by atoms with E-state index in [1.54, 1.807) is 32.0 Å².